The van der Waals surface area contributed by atoms with Crippen LogP contribution in [-0.4, -0.2) is 64.1 Å². The zero-order chi connectivity index (χ0) is 29.3. The fourth-order valence-corrected chi connectivity index (χ4v) is 7.09. The Labute approximate surface area is 246 Å². The van der Waals surface area contributed by atoms with E-state index in [1.807, 2.05) is 31.4 Å². The summed E-state index contributed by atoms with van der Waals surface area (Å²) in [7, 11) is 0. The maximum atomic E-state index is 13.9. The van der Waals surface area contributed by atoms with Crippen molar-refractivity contribution in [3.8, 4) is 0 Å². The van der Waals surface area contributed by atoms with Gasteiger partial charge in [-0.2, -0.15) is 0 Å². The molecular weight excluding hydrogens is 535 g/mol. The molecule has 3 aromatic rings. The number of carbonyl (C=O) groups is 1. The number of alkyl carbamates (subject to hydrolysis) is 1. The summed E-state index contributed by atoms with van der Waals surface area (Å²) in [6, 6.07) is 9.30. The van der Waals surface area contributed by atoms with Crippen molar-refractivity contribution < 1.29 is 18.7 Å². The molecule has 2 bridgehead atoms. The quantitative estimate of drug-likeness (QED) is 0.417. The van der Waals surface area contributed by atoms with Crippen molar-refractivity contribution in [2.45, 2.75) is 88.5 Å². The van der Waals surface area contributed by atoms with Gasteiger partial charge in [-0.15, -0.1) is 5.10 Å². The van der Waals surface area contributed by atoms with Crippen molar-refractivity contribution >= 4 is 17.4 Å². The molecule has 2 aliphatic carbocycles. The van der Waals surface area contributed by atoms with Crippen LogP contribution in [0, 0.1) is 18.7 Å². The second kappa shape index (κ2) is 9.91. The van der Waals surface area contributed by atoms with Gasteiger partial charge in [0.1, 0.15) is 17.0 Å². The molecule has 3 saturated heterocycles. The summed E-state index contributed by atoms with van der Waals surface area (Å²) in [4.78, 5) is 19.8. The van der Waals surface area contributed by atoms with E-state index in [0.29, 0.717) is 25.0 Å². The number of hydrogen-bond acceptors (Lipinski definition) is 7. The minimum Gasteiger partial charge on any atom is -0.444 e. The van der Waals surface area contributed by atoms with Crippen LogP contribution in [0.2, 0.25) is 0 Å². The Morgan fingerprint density at radius 1 is 1.26 bits per heavy atom. The number of rotatable bonds is 7. The number of fused-ring (bicyclic) bond motifs is 2. The van der Waals surface area contributed by atoms with Crippen molar-refractivity contribution in [2.24, 2.45) is 5.92 Å². The van der Waals surface area contributed by atoms with Gasteiger partial charge >= 0.3 is 6.09 Å². The molecule has 2 aromatic heterocycles. The molecule has 1 amide bonds. The first-order valence-electron chi connectivity index (χ1n) is 15.3. The molecule has 2 N–H and O–H groups in total. The molecule has 5 heterocycles. The molecule has 4 unspecified atom stereocenters. The number of ether oxygens (including phenoxy) is 2. The molecule has 2 saturated carbocycles. The second-order valence-corrected chi connectivity index (χ2v) is 13.9. The Balaban J connectivity index is 1.07. The minimum atomic E-state index is -0.557. The summed E-state index contributed by atoms with van der Waals surface area (Å²) in [5.41, 5.74) is 2.71. The Bertz CT molecular complexity index is 1510. The second-order valence-electron chi connectivity index (χ2n) is 13.9. The topological polar surface area (TPSA) is 93.0 Å². The highest BCUT2D eigenvalue weighted by Gasteiger charge is 2.64. The number of aromatic nitrogens is 3. The van der Waals surface area contributed by atoms with Gasteiger partial charge in [0.2, 0.25) is 0 Å². The van der Waals surface area contributed by atoms with Crippen molar-refractivity contribution in [3.05, 3.63) is 59.3 Å². The molecule has 1 aromatic carbocycles. The molecule has 42 heavy (non-hydrogen) atoms. The lowest BCUT2D eigenvalue weighted by Gasteiger charge is -2.44. The van der Waals surface area contributed by atoms with Crippen LogP contribution in [0.15, 0.2) is 36.5 Å². The molecule has 0 radical (unpaired) electrons. The number of halogens is 1. The van der Waals surface area contributed by atoms with Gasteiger partial charge in [-0.05, 0) is 89.1 Å². The average Bonchev–Trinajstić information content (AvgIpc) is 3.27. The number of hydrogen-bond donors (Lipinski definition) is 2. The van der Waals surface area contributed by atoms with E-state index < -0.39 is 11.2 Å². The number of benzene rings is 1. The zero-order valence-corrected chi connectivity index (χ0v) is 25.0. The molecular formula is C32H41FN6O3. The van der Waals surface area contributed by atoms with Crippen molar-refractivity contribution in [2.75, 3.05) is 31.1 Å². The highest BCUT2D eigenvalue weighted by Crippen LogP contribution is 2.54. The SMILES string of the molecule is Cc1cc(N2CCCC(c3cccc(F)c3)C2)cn2nc(C34CC(CO3)C4NCC3(NC(=O)OC(C)(C)C)CC3)nc12. The molecule has 10 heteroatoms. The monoisotopic (exact) mass is 576 g/mol. The molecule has 4 atom stereocenters. The molecule has 0 spiro atoms. The number of nitrogens with one attached hydrogen (secondary N) is 2. The number of carbonyl (C=O) groups excluding carboxylic acids is 1. The van der Waals surface area contributed by atoms with E-state index in [-0.39, 0.29) is 23.5 Å². The van der Waals surface area contributed by atoms with Crippen molar-refractivity contribution in [1.29, 1.82) is 0 Å². The average molecular weight is 577 g/mol. The highest BCUT2D eigenvalue weighted by atomic mass is 19.1. The van der Waals surface area contributed by atoms with Crippen molar-refractivity contribution in [1.82, 2.24) is 25.2 Å². The van der Waals surface area contributed by atoms with Crippen molar-refractivity contribution in [3.63, 3.8) is 0 Å². The van der Waals surface area contributed by atoms with E-state index in [1.54, 1.807) is 12.1 Å². The van der Waals surface area contributed by atoms with Crippen LogP contribution in [0.5, 0.6) is 0 Å². The molecule has 9 nitrogen and oxygen atoms in total. The van der Waals surface area contributed by atoms with Gasteiger partial charge in [-0.25, -0.2) is 18.7 Å². The van der Waals surface area contributed by atoms with E-state index in [1.165, 1.54) is 6.07 Å². The number of nitrogens with zero attached hydrogens (tertiary/aromatic N) is 4. The predicted octanol–water partition coefficient (Wildman–Crippen LogP) is 4.82. The first-order chi connectivity index (χ1) is 20.0. The van der Waals surface area contributed by atoms with Crippen LogP contribution in [0.1, 0.15) is 75.7 Å². The molecule has 5 fully saturated rings. The van der Waals surface area contributed by atoms with E-state index in [2.05, 4.69) is 34.7 Å². The first-order valence-corrected chi connectivity index (χ1v) is 15.3. The highest BCUT2D eigenvalue weighted by molar-refractivity contribution is 5.69. The van der Waals surface area contributed by atoms with E-state index >= 15 is 0 Å². The van der Waals surface area contributed by atoms with E-state index in [0.717, 1.165) is 73.5 Å². The minimum absolute atomic E-state index is 0.0988. The Morgan fingerprint density at radius 3 is 2.83 bits per heavy atom. The standard InChI is InChI=1S/C32H41FN6O3/c1-20-13-25(38-12-6-8-22(16-38)21-7-5-9-24(33)14-21)17-39-27(20)35-28(37-39)32-15-23(18-41-32)26(32)34-19-31(10-11-31)36-29(40)42-30(2,3)4/h5,7,9,13-14,17,22-23,26,34H,6,8,10-12,15-16,18-19H2,1-4H3,(H,36,40). The van der Waals surface area contributed by atoms with Crippen LogP contribution in [0.25, 0.3) is 5.65 Å². The van der Waals surface area contributed by atoms with Crippen LogP contribution in [0.3, 0.4) is 0 Å². The van der Waals surface area contributed by atoms with Gasteiger partial charge in [0.15, 0.2) is 11.5 Å². The summed E-state index contributed by atoms with van der Waals surface area (Å²) < 4.78 is 27.7. The smallest absolute Gasteiger partial charge is 0.408 e. The van der Waals surface area contributed by atoms with Crippen LogP contribution >= 0.6 is 0 Å². The predicted molar refractivity (Wildman–Crippen MR) is 157 cm³/mol. The van der Waals surface area contributed by atoms with Gasteiger partial charge in [0.05, 0.1) is 24.0 Å². The summed E-state index contributed by atoms with van der Waals surface area (Å²) in [6.07, 6.45) is 6.55. The number of piperidine rings is 1. The van der Waals surface area contributed by atoms with Crippen LogP contribution in [-0.2, 0) is 15.1 Å². The summed E-state index contributed by atoms with van der Waals surface area (Å²) in [6.45, 7) is 10.8. The molecule has 5 aliphatic rings. The Kier molecular flexibility index (Phi) is 6.51. The maximum Gasteiger partial charge on any atom is 0.408 e. The third kappa shape index (κ3) is 5.02. The van der Waals surface area contributed by atoms with Crippen LogP contribution < -0.4 is 15.5 Å². The first kappa shape index (κ1) is 27.6. The summed E-state index contributed by atoms with van der Waals surface area (Å²) in [5.74, 6) is 1.23. The fourth-order valence-electron chi connectivity index (χ4n) is 7.09. The van der Waals surface area contributed by atoms with E-state index in [4.69, 9.17) is 19.6 Å². The zero-order valence-electron chi connectivity index (χ0n) is 25.0. The van der Waals surface area contributed by atoms with Gasteiger partial charge in [0.25, 0.3) is 0 Å². The van der Waals surface area contributed by atoms with Gasteiger partial charge < -0.3 is 25.0 Å². The summed E-state index contributed by atoms with van der Waals surface area (Å²) >= 11 is 0. The molecule has 224 valence electrons. The summed E-state index contributed by atoms with van der Waals surface area (Å²) in [5, 5.41) is 11.8. The number of amides is 1. The Morgan fingerprint density at radius 2 is 2.10 bits per heavy atom. The Hall–Kier alpha value is -3.24. The maximum absolute atomic E-state index is 13.9. The lowest BCUT2D eigenvalue weighted by atomic mass is 9.68. The van der Waals surface area contributed by atoms with Gasteiger partial charge in [0, 0.05) is 37.5 Å². The molecule has 3 aliphatic heterocycles. The van der Waals surface area contributed by atoms with Gasteiger partial charge in [-0.3, -0.25) is 0 Å². The third-order valence-electron chi connectivity index (χ3n) is 9.46. The number of pyridine rings is 1. The number of anilines is 1. The van der Waals surface area contributed by atoms with Gasteiger partial charge in [-0.1, -0.05) is 12.1 Å². The third-order valence-corrected chi connectivity index (χ3v) is 9.46. The lowest BCUT2D eigenvalue weighted by Crippen LogP contribution is -2.61. The lowest BCUT2D eigenvalue weighted by molar-refractivity contribution is -0.0424. The largest absolute Gasteiger partial charge is 0.444 e. The molecule has 8 rings (SSSR count). The van der Waals surface area contributed by atoms with Crippen LogP contribution in [0.4, 0.5) is 14.9 Å². The number of aryl methyl sites for hydroxylation is 1. The normalized spacial score (nSPS) is 28.0. The fraction of sp³-hybridized carbons (Fsp3) is 0.594. The van der Waals surface area contributed by atoms with E-state index in [9.17, 15) is 9.18 Å².